The second kappa shape index (κ2) is 8.55. The van der Waals surface area contributed by atoms with E-state index < -0.39 is 59.9 Å². The summed E-state index contributed by atoms with van der Waals surface area (Å²) in [5.74, 6) is -1.47. The number of hydrogen-bond acceptors (Lipinski definition) is 6. The fraction of sp³-hybridized carbons (Fsp3) is 0.381. The second-order valence-corrected chi connectivity index (χ2v) is 7.83. The molecule has 2 N–H and O–H groups in total. The van der Waals surface area contributed by atoms with E-state index in [1.165, 1.54) is 6.92 Å². The number of pyridine rings is 1. The van der Waals surface area contributed by atoms with Crippen molar-refractivity contribution in [2.75, 3.05) is 18.5 Å². The fourth-order valence-electron chi connectivity index (χ4n) is 3.92. The third-order valence-corrected chi connectivity index (χ3v) is 5.69. The van der Waals surface area contributed by atoms with Crippen LogP contribution >= 0.6 is 0 Å². The quantitative estimate of drug-likeness (QED) is 0.418. The average molecular weight is 488 g/mol. The van der Waals surface area contributed by atoms with Crippen molar-refractivity contribution in [3.05, 3.63) is 63.6 Å². The number of halogens is 6. The van der Waals surface area contributed by atoms with E-state index in [-0.39, 0.29) is 29.2 Å². The Morgan fingerprint density at radius 2 is 1.94 bits per heavy atom. The molecule has 0 spiro atoms. The van der Waals surface area contributed by atoms with E-state index in [0.717, 1.165) is 30.5 Å². The van der Waals surface area contributed by atoms with E-state index in [4.69, 9.17) is 4.74 Å². The molecule has 4 rings (SSSR count). The van der Waals surface area contributed by atoms with Crippen LogP contribution in [-0.4, -0.2) is 39.0 Å². The van der Waals surface area contributed by atoms with Crippen molar-refractivity contribution < 1.29 is 36.2 Å². The lowest BCUT2D eigenvalue weighted by molar-refractivity contribution is -0.214. The number of alkyl halides is 5. The van der Waals surface area contributed by atoms with Crippen LogP contribution in [0.25, 0.3) is 10.9 Å². The number of aromatic nitrogens is 3. The third kappa shape index (κ3) is 3.98. The van der Waals surface area contributed by atoms with E-state index in [9.17, 15) is 36.2 Å². The van der Waals surface area contributed by atoms with Crippen LogP contribution in [-0.2, 0) is 10.3 Å². The largest absolute Gasteiger partial charge is 0.414 e. The van der Waals surface area contributed by atoms with Gasteiger partial charge in [-0.3, -0.25) is 9.36 Å². The number of ether oxygens (including phenoxy) is 1. The molecule has 1 fully saturated rings. The molecule has 1 saturated heterocycles. The molecule has 13 heteroatoms. The van der Waals surface area contributed by atoms with E-state index in [0.29, 0.717) is 4.57 Å². The Kier molecular flexibility index (Phi) is 6.02. The monoisotopic (exact) mass is 488 g/mol. The van der Waals surface area contributed by atoms with Crippen LogP contribution in [0.15, 0.2) is 35.3 Å². The van der Waals surface area contributed by atoms with Gasteiger partial charge in [-0.25, -0.2) is 23.1 Å². The van der Waals surface area contributed by atoms with Gasteiger partial charge in [-0.05, 0) is 6.92 Å². The van der Waals surface area contributed by atoms with Crippen LogP contribution in [0.4, 0.5) is 32.2 Å². The van der Waals surface area contributed by atoms with E-state index in [1.807, 2.05) is 0 Å². The molecule has 3 aromatic rings. The number of aliphatic hydroxyl groups excluding tert-OH is 1. The molecule has 34 heavy (non-hydrogen) atoms. The molecule has 2 atom stereocenters. The standard InChI is InChI=1S/C21H18F6N4O3/c1-10-28-14-7-15(32)31(20(21(25,26)27)5-6-34-9-20)8-13(14)18(29-10)30-19(33)12-4-2-3-11(16(12)22)17(23)24/h2-4,7-8,17,19,33H,5-6,9H2,1H3,(H,28,29,30)/t19-,20+/m1/s1. The highest BCUT2D eigenvalue weighted by Gasteiger charge is 2.59. The topological polar surface area (TPSA) is 89.3 Å². The average Bonchev–Trinajstić information content (AvgIpc) is 3.24. The number of hydrogen-bond donors (Lipinski definition) is 2. The second-order valence-electron chi connectivity index (χ2n) is 7.83. The lowest BCUT2D eigenvalue weighted by Crippen LogP contribution is -2.52. The summed E-state index contributed by atoms with van der Waals surface area (Å²) in [5.41, 5.74) is -5.07. The highest BCUT2D eigenvalue weighted by atomic mass is 19.4. The minimum atomic E-state index is -4.82. The van der Waals surface area contributed by atoms with E-state index in [2.05, 4.69) is 15.3 Å². The zero-order valence-corrected chi connectivity index (χ0v) is 17.5. The Hall–Kier alpha value is -3.19. The zero-order valence-electron chi connectivity index (χ0n) is 17.5. The first-order chi connectivity index (χ1) is 15.9. The van der Waals surface area contributed by atoms with Crippen LogP contribution in [0, 0.1) is 12.7 Å². The highest BCUT2D eigenvalue weighted by molar-refractivity contribution is 5.88. The summed E-state index contributed by atoms with van der Waals surface area (Å²) in [6.07, 6.45) is -9.43. The van der Waals surface area contributed by atoms with Crippen molar-refractivity contribution in [2.45, 2.75) is 37.7 Å². The first-order valence-electron chi connectivity index (χ1n) is 10.0. The van der Waals surface area contributed by atoms with Gasteiger partial charge < -0.3 is 15.2 Å². The first kappa shape index (κ1) is 24.0. The normalized spacial score (nSPS) is 19.7. The predicted octanol–water partition coefficient (Wildman–Crippen LogP) is 3.96. The molecular formula is C21H18F6N4O3. The van der Waals surface area contributed by atoms with Gasteiger partial charge in [0.05, 0.1) is 23.1 Å². The van der Waals surface area contributed by atoms with Crippen LogP contribution in [0.3, 0.4) is 0 Å². The Labute approximate surface area is 188 Å². The summed E-state index contributed by atoms with van der Waals surface area (Å²) in [7, 11) is 0. The van der Waals surface area contributed by atoms with Crippen LogP contribution < -0.4 is 10.9 Å². The van der Waals surface area contributed by atoms with Crippen molar-refractivity contribution in [3.8, 4) is 0 Å². The van der Waals surface area contributed by atoms with Crippen molar-refractivity contribution in [1.82, 2.24) is 14.5 Å². The minimum absolute atomic E-state index is 0.0264. The van der Waals surface area contributed by atoms with Gasteiger partial charge in [0.15, 0.2) is 11.8 Å². The number of nitrogens with zero attached hydrogens (tertiary/aromatic N) is 3. The number of nitrogens with one attached hydrogen (secondary N) is 1. The smallest absolute Gasteiger partial charge is 0.379 e. The number of rotatable bonds is 5. The van der Waals surface area contributed by atoms with Crippen molar-refractivity contribution in [3.63, 3.8) is 0 Å². The SMILES string of the molecule is Cc1nc(N[C@H](O)c2cccc(C(F)F)c2F)c2cn([C@@]3(C(F)(F)F)CCOC3)c(=O)cc2n1. The van der Waals surface area contributed by atoms with Crippen LogP contribution in [0.5, 0.6) is 0 Å². The van der Waals surface area contributed by atoms with Crippen LogP contribution in [0.1, 0.15) is 36.0 Å². The molecule has 0 aliphatic carbocycles. The van der Waals surface area contributed by atoms with Gasteiger partial charge in [0.1, 0.15) is 17.5 Å². The maximum atomic E-state index is 14.5. The maximum Gasteiger partial charge on any atom is 0.414 e. The molecule has 0 saturated carbocycles. The Morgan fingerprint density at radius 3 is 2.56 bits per heavy atom. The van der Waals surface area contributed by atoms with Gasteiger partial charge in [-0.15, -0.1) is 0 Å². The van der Waals surface area contributed by atoms with Crippen molar-refractivity contribution in [1.29, 1.82) is 0 Å². The summed E-state index contributed by atoms with van der Waals surface area (Å²) < 4.78 is 88.0. The van der Waals surface area contributed by atoms with E-state index >= 15 is 0 Å². The molecule has 182 valence electrons. The van der Waals surface area contributed by atoms with Gasteiger partial charge in [-0.1, -0.05) is 18.2 Å². The molecule has 3 heterocycles. The van der Waals surface area contributed by atoms with Gasteiger partial charge >= 0.3 is 6.18 Å². The van der Waals surface area contributed by atoms with Gasteiger partial charge in [0.2, 0.25) is 0 Å². The summed E-state index contributed by atoms with van der Waals surface area (Å²) in [5, 5.41) is 12.9. The third-order valence-electron chi connectivity index (χ3n) is 5.69. The number of anilines is 1. The molecule has 1 aliphatic heterocycles. The first-order valence-corrected chi connectivity index (χ1v) is 10.0. The van der Waals surface area contributed by atoms with Gasteiger partial charge in [0, 0.05) is 30.9 Å². The molecule has 0 bridgehead atoms. The molecule has 1 aliphatic rings. The lowest BCUT2D eigenvalue weighted by Gasteiger charge is -2.32. The summed E-state index contributed by atoms with van der Waals surface area (Å²) in [6.45, 7) is 0.451. The number of fused-ring (bicyclic) bond motifs is 1. The Morgan fingerprint density at radius 1 is 1.24 bits per heavy atom. The number of aryl methyl sites for hydroxylation is 1. The molecule has 1 aromatic carbocycles. The highest BCUT2D eigenvalue weighted by Crippen LogP contribution is 2.42. The van der Waals surface area contributed by atoms with Crippen molar-refractivity contribution >= 4 is 16.7 Å². The molecular weight excluding hydrogens is 470 g/mol. The zero-order chi connectivity index (χ0) is 24.8. The Bertz CT molecular complexity index is 1290. The van der Waals surface area contributed by atoms with Gasteiger partial charge in [-0.2, -0.15) is 13.2 Å². The predicted molar refractivity (Wildman–Crippen MR) is 108 cm³/mol. The molecule has 0 amide bonds. The molecule has 0 unspecified atom stereocenters. The summed E-state index contributed by atoms with van der Waals surface area (Å²) in [6, 6.07) is 3.95. The maximum absolute atomic E-state index is 14.5. The van der Waals surface area contributed by atoms with Crippen LogP contribution in [0.2, 0.25) is 0 Å². The fourth-order valence-corrected chi connectivity index (χ4v) is 3.92. The van der Waals surface area contributed by atoms with Crippen molar-refractivity contribution in [2.24, 2.45) is 0 Å². The Balaban J connectivity index is 1.84. The van der Waals surface area contributed by atoms with Gasteiger partial charge in [0.25, 0.3) is 12.0 Å². The molecule has 2 aromatic heterocycles. The molecule has 0 radical (unpaired) electrons. The summed E-state index contributed by atoms with van der Waals surface area (Å²) in [4.78, 5) is 20.7. The van der Waals surface area contributed by atoms with E-state index in [1.54, 1.807) is 0 Å². The number of aliphatic hydroxyl groups is 1. The summed E-state index contributed by atoms with van der Waals surface area (Å²) >= 11 is 0. The minimum Gasteiger partial charge on any atom is -0.379 e. The molecule has 7 nitrogen and oxygen atoms in total. The number of benzene rings is 1. The lowest BCUT2D eigenvalue weighted by atomic mass is 9.97.